The molecule has 0 aliphatic rings. The van der Waals surface area contributed by atoms with E-state index >= 15 is 0 Å². The van der Waals surface area contributed by atoms with Gasteiger partial charge in [-0.1, -0.05) is 74.5 Å². The first kappa shape index (κ1) is 29.4. The first-order valence-electron chi connectivity index (χ1n) is 12.9. The quantitative estimate of drug-likeness (QED) is 0.260. The van der Waals surface area contributed by atoms with Crippen molar-refractivity contribution in [2.24, 2.45) is 5.92 Å². The van der Waals surface area contributed by atoms with E-state index in [1.54, 1.807) is 7.05 Å². The maximum Gasteiger partial charge on any atom is 0.405 e. The van der Waals surface area contributed by atoms with Crippen LogP contribution in [0.3, 0.4) is 0 Å². The van der Waals surface area contributed by atoms with Crippen molar-refractivity contribution in [1.82, 2.24) is 20.5 Å². The summed E-state index contributed by atoms with van der Waals surface area (Å²) in [5.41, 5.74) is 1.98. The van der Waals surface area contributed by atoms with Gasteiger partial charge in [0.1, 0.15) is 12.3 Å². The van der Waals surface area contributed by atoms with Crippen LogP contribution in [0.5, 0.6) is 0 Å². The first-order chi connectivity index (χ1) is 18.6. The van der Waals surface area contributed by atoms with E-state index in [0.29, 0.717) is 19.4 Å². The SMILES string of the molecule is CC(C)CC(NC(=O)O)C(=O)NC(CCc1ccccc1)C(O)c1nc(C(=O)N(C)Cc2ccccc2)co1. The van der Waals surface area contributed by atoms with Crippen molar-refractivity contribution in [1.29, 1.82) is 0 Å². The summed E-state index contributed by atoms with van der Waals surface area (Å²) >= 11 is 0. The molecule has 10 heteroatoms. The Hall–Kier alpha value is -4.18. The van der Waals surface area contributed by atoms with Gasteiger partial charge in [0, 0.05) is 13.6 Å². The molecule has 0 saturated carbocycles. The molecule has 1 heterocycles. The third-order valence-electron chi connectivity index (χ3n) is 6.22. The van der Waals surface area contributed by atoms with Crippen molar-refractivity contribution in [2.45, 2.75) is 57.8 Å². The van der Waals surface area contributed by atoms with Gasteiger partial charge < -0.3 is 30.2 Å². The highest BCUT2D eigenvalue weighted by Crippen LogP contribution is 2.22. The number of aliphatic hydroxyl groups is 1. The van der Waals surface area contributed by atoms with Crippen LogP contribution in [-0.4, -0.2) is 57.1 Å². The van der Waals surface area contributed by atoms with Gasteiger partial charge in [0.25, 0.3) is 5.91 Å². The topological polar surface area (TPSA) is 145 Å². The summed E-state index contributed by atoms with van der Waals surface area (Å²) in [6.07, 6.45) is -0.374. The van der Waals surface area contributed by atoms with Crippen LogP contribution in [0, 0.1) is 5.92 Å². The predicted molar refractivity (Wildman–Crippen MR) is 145 cm³/mol. The van der Waals surface area contributed by atoms with Crippen molar-refractivity contribution in [3.05, 3.63) is 89.6 Å². The molecule has 0 fully saturated rings. The summed E-state index contributed by atoms with van der Waals surface area (Å²) in [6.45, 7) is 4.13. The maximum absolute atomic E-state index is 13.1. The second-order valence-electron chi connectivity index (χ2n) is 9.93. The lowest BCUT2D eigenvalue weighted by Gasteiger charge is -2.26. The number of carbonyl (C=O) groups excluding carboxylic acids is 2. The number of hydrogen-bond donors (Lipinski definition) is 4. The fourth-order valence-corrected chi connectivity index (χ4v) is 4.23. The van der Waals surface area contributed by atoms with Crippen molar-refractivity contribution in [2.75, 3.05) is 7.05 Å². The third-order valence-corrected chi connectivity index (χ3v) is 6.22. The molecule has 3 aromatic rings. The van der Waals surface area contributed by atoms with Crippen LogP contribution in [-0.2, 0) is 17.8 Å². The van der Waals surface area contributed by atoms with Crippen LogP contribution in [0.15, 0.2) is 71.3 Å². The Labute approximate surface area is 228 Å². The number of aromatic nitrogens is 1. The number of amides is 3. The van der Waals surface area contributed by atoms with E-state index < -0.39 is 30.2 Å². The largest absolute Gasteiger partial charge is 0.465 e. The zero-order chi connectivity index (χ0) is 28.4. The van der Waals surface area contributed by atoms with Gasteiger partial charge in [0.15, 0.2) is 11.8 Å². The van der Waals surface area contributed by atoms with Crippen LogP contribution in [0.2, 0.25) is 0 Å². The standard InChI is InChI=1S/C29H36N4O6/c1-19(2)16-23(32-29(37)38)26(35)30-22(15-14-20-10-6-4-7-11-20)25(34)27-31-24(18-39-27)28(36)33(3)17-21-12-8-5-9-13-21/h4-13,18-19,22-23,25,32,34H,14-17H2,1-3H3,(H,30,35)(H,37,38). The Bertz CT molecular complexity index is 1210. The summed E-state index contributed by atoms with van der Waals surface area (Å²) in [4.78, 5) is 43.0. The van der Waals surface area contributed by atoms with Gasteiger partial charge in [0.05, 0.1) is 6.04 Å². The lowest BCUT2D eigenvalue weighted by Crippen LogP contribution is -2.51. The Morgan fingerprint density at radius 3 is 2.18 bits per heavy atom. The summed E-state index contributed by atoms with van der Waals surface area (Å²) in [6, 6.07) is 17.2. The minimum Gasteiger partial charge on any atom is -0.465 e. The molecule has 0 radical (unpaired) electrons. The molecular weight excluding hydrogens is 500 g/mol. The molecular formula is C29H36N4O6. The Kier molecular flexibility index (Phi) is 10.6. The Morgan fingerprint density at radius 2 is 1.59 bits per heavy atom. The molecule has 3 unspecified atom stereocenters. The molecule has 39 heavy (non-hydrogen) atoms. The zero-order valence-corrected chi connectivity index (χ0v) is 22.4. The number of aryl methyl sites for hydroxylation is 1. The summed E-state index contributed by atoms with van der Waals surface area (Å²) in [5, 5.41) is 25.4. The molecule has 4 N–H and O–H groups in total. The van der Waals surface area contributed by atoms with Gasteiger partial charge in [-0.05, 0) is 36.3 Å². The van der Waals surface area contributed by atoms with Crippen LogP contribution in [0.25, 0.3) is 0 Å². The minimum absolute atomic E-state index is 0.0286. The average molecular weight is 537 g/mol. The van der Waals surface area contributed by atoms with E-state index in [4.69, 9.17) is 4.42 Å². The van der Waals surface area contributed by atoms with Crippen LogP contribution in [0.1, 0.15) is 60.3 Å². The van der Waals surface area contributed by atoms with Gasteiger partial charge in [-0.15, -0.1) is 0 Å². The van der Waals surface area contributed by atoms with Crippen molar-refractivity contribution in [3.8, 4) is 0 Å². The highest BCUT2D eigenvalue weighted by molar-refractivity contribution is 5.91. The smallest absolute Gasteiger partial charge is 0.405 e. The number of aliphatic hydroxyl groups excluding tert-OH is 1. The number of rotatable bonds is 13. The Balaban J connectivity index is 1.76. The normalized spacial score (nSPS) is 13.4. The maximum atomic E-state index is 13.1. The number of benzene rings is 2. The minimum atomic E-state index is -1.37. The second-order valence-corrected chi connectivity index (χ2v) is 9.93. The fraction of sp³-hybridized carbons (Fsp3) is 0.379. The van der Waals surface area contributed by atoms with Gasteiger partial charge in [0.2, 0.25) is 11.8 Å². The van der Waals surface area contributed by atoms with E-state index in [9.17, 15) is 24.6 Å². The van der Waals surface area contributed by atoms with Crippen LogP contribution < -0.4 is 10.6 Å². The van der Waals surface area contributed by atoms with Crippen molar-refractivity contribution < 1.29 is 29.0 Å². The molecule has 10 nitrogen and oxygen atoms in total. The summed E-state index contributed by atoms with van der Waals surface area (Å²) in [5.74, 6) is -1.01. The van der Waals surface area contributed by atoms with Gasteiger partial charge in [-0.2, -0.15) is 0 Å². The lowest BCUT2D eigenvalue weighted by atomic mass is 9.99. The molecule has 0 spiro atoms. The molecule has 1 aromatic heterocycles. The van der Waals surface area contributed by atoms with Crippen LogP contribution in [0.4, 0.5) is 4.79 Å². The molecule has 3 atom stereocenters. The fourth-order valence-electron chi connectivity index (χ4n) is 4.23. The number of nitrogens with one attached hydrogen (secondary N) is 2. The molecule has 3 amide bonds. The number of hydrogen-bond acceptors (Lipinski definition) is 6. The van der Waals surface area contributed by atoms with Crippen LogP contribution >= 0.6 is 0 Å². The van der Waals surface area contributed by atoms with E-state index in [0.717, 1.165) is 11.1 Å². The van der Waals surface area contributed by atoms with Gasteiger partial charge in [-0.25, -0.2) is 9.78 Å². The summed E-state index contributed by atoms with van der Waals surface area (Å²) in [7, 11) is 1.65. The third kappa shape index (κ3) is 8.96. The molecule has 0 aliphatic heterocycles. The monoisotopic (exact) mass is 536 g/mol. The van der Waals surface area contributed by atoms with Crippen molar-refractivity contribution >= 4 is 17.9 Å². The van der Waals surface area contributed by atoms with Gasteiger partial charge >= 0.3 is 6.09 Å². The summed E-state index contributed by atoms with van der Waals surface area (Å²) < 4.78 is 5.48. The van der Waals surface area contributed by atoms with Crippen molar-refractivity contribution in [3.63, 3.8) is 0 Å². The average Bonchev–Trinajstić information content (AvgIpc) is 3.40. The molecule has 0 aliphatic carbocycles. The van der Waals surface area contributed by atoms with E-state index in [1.165, 1.54) is 11.2 Å². The highest BCUT2D eigenvalue weighted by atomic mass is 16.4. The lowest BCUT2D eigenvalue weighted by molar-refractivity contribution is -0.125. The molecule has 3 rings (SSSR count). The van der Waals surface area contributed by atoms with Gasteiger partial charge in [-0.3, -0.25) is 9.59 Å². The highest BCUT2D eigenvalue weighted by Gasteiger charge is 2.31. The zero-order valence-electron chi connectivity index (χ0n) is 22.4. The molecule has 2 aromatic carbocycles. The second kappa shape index (κ2) is 14.1. The molecule has 0 bridgehead atoms. The number of carboxylic acid groups (broad SMARTS) is 1. The van der Waals surface area contributed by atoms with E-state index in [1.807, 2.05) is 74.5 Å². The number of nitrogens with zero attached hydrogens (tertiary/aromatic N) is 2. The predicted octanol–water partition coefficient (Wildman–Crippen LogP) is 3.78. The number of oxazole rings is 1. The molecule has 208 valence electrons. The number of carbonyl (C=O) groups is 3. The van der Waals surface area contributed by atoms with E-state index in [-0.39, 0.29) is 29.8 Å². The Morgan fingerprint density at radius 1 is 0.974 bits per heavy atom. The van der Waals surface area contributed by atoms with E-state index in [2.05, 4.69) is 15.6 Å². The first-order valence-corrected chi connectivity index (χ1v) is 12.9. The molecule has 0 saturated heterocycles.